The first kappa shape index (κ1) is 40.6. The first-order valence-corrected chi connectivity index (χ1v) is 25.0. The fraction of sp³-hybridized carbons (Fsp3) is 0.0606. The van der Waals surface area contributed by atoms with Gasteiger partial charge < -0.3 is 27.8 Å². The van der Waals surface area contributed by atoms with Gasteiger partial charge in [-0.15, -0.1) is 0 Å². The van der Waals surface area contributed by atoms with Gasteiger partial charge in [0.25, 0.3) is 0 Å². The number of hydrogen-bond acceptors (Lipinski definition) is 4. The van der Waals surface area contributed by atoms with Gasteiger partial charge in [0.05, 0.1) is 0 Å². The van der Waals surface area contributed by atoms with Crippen LogP contribution in [0, 0.1) is 0 Å². The van der Waals surface area contributed by atoms with E-state index < -0.39 is 0 Å². The Kier molecular flexibility index (Phi) is 8.81. The standard InChI is InChI=1S/C66H46N4O2/c1-3-67-59-21-13-11-19-51(59)53-37-49(27-29-61(53)67)69(45-15-7-5-8-16-45)47-25-23-41-33-55-57-39-66-58(40-65(57)71-63(55)35-43(41)31-47)56-34-42-24-26-48(32-44(42)36-64(56)72-66)70(46-17-9-6-10-18-46)50-28-30-62-54(38-50)52-20-12-14-22-60(52)68(62)4-2/h5-40H,3-4H2,1-2H3. The van der Waals surface area contributed by atoms with Gasteiger partial charge in [0.1, 0.15) is 22.3 Å². The van der Waals surface area contributed by atoms with Crippen LogP contribution in [-0.2, 0) is 13.1 Å². The number of aryl methyl sites for hydroxylation is 2. The van der Waals surface area contributed by atoms with E-state index in [1.54, 1.807) is 0 Å². The third kappa shape index (κ3) is 6.09. The van der Waals surface area contributed by atoms with Gasteiger partial charge in [-0.05, 0) is 169 Å². The Labute approximate surface area is 414 Å². The highest BCUT2D eigenvalue weighted by molar-refractivity contribution is 6.19. The number of fused-ring (bicyclic) bond motifs is 14. The average Bonchev–Trinajstić information content (AvgIpc) is 4.15. The van der Waals surface area contributed by atoms with Gasteiger partial charge in [0.15, 0.2) is 0 Å². The number of nitrogens with zero attached hydrogens (tertiary/aromatic N) is 4. The normalized spacial score (nSPS) is 12.1. The minimum atomic E-state index is 0.842. The molecule has 0 aliphatic rings. The number of furan rings is 2. The molecule has 0 atom stereocenters. The number of rotatable bonds is 8. The zero-order chi connectivity index (χ0) is 47.6. The van der Waals surface area contributed by atoms with Crippen LogP contribution in [0.2, 0.25) is 0 Å². The predicted molar refractivity (Wildman–Crippen MR) is 303 cm³/mol. The van der Waals surface area contributed by atoms with Crippen LogP contribution in [-0.4, -0.2) is 9.13 Å². The van der Waals surface area contributed by atoms with Crippen molar-refractivity contribution >= 4 is 143 Å². The molecule has 0 N–H and O–H groups in total. The maximum Gasteiger partial charge on any atom is 0.136 e. The van der Waals surface area contributed by atoms with Crippen LogP contribution < -0.4 is 9.80 Å². The van der Waals surface area contributed by atoms with Crippen LogP contribution in [0.5, 0.6) is 0 Å². The predicted octanol–water partition coefficient (Wildman–Crippen LogP) is 19.0. The summed E-state index contributed by atoms with van der Waals surface area (Å²) in [5, 5.41) is 13.8. The molecule has 0 bridgehead atoms. The highest BCUT2D eigenvalue weighted by atomic mass is 16.3. The van der Waals surface area contributed by atoms with Gasteiger partial charge in [0, 0.05) is 112 Å². The molecule has 0 fully saturated rings. The second kappa shape index (κ2) is 15.6. The quantitative estimate of drug-likeness (QED) is 0.152. The third-order valence-corrected chi connectivity index (χ3v) is 15.2. The lowest BCUT2D eigenvalue weighted by atomic mass is 10.0. The Morgan fingerprint density at radius 2 is 0.639 bits per heavy atom. The summed E-state index contributed by atoms with van der Waals surface area (Å²) >= 11 is 0. The molecular weight excluding hydrogens is 881 g/mol. The van der Waals surface area contributed by atoms with Crippen molar-refractivity contribution in [2.24, 2.45) is 0 Å². The Morgan fingerprint density at radius 3 is 1.08 bits per heavy atom. The topological polar surface area (TPSA) is 42.6 Å². The molecule has 0 saturated carbocycles. The molecular formula is C66H46N4O2. The summed E-state index contributed by atoms with van der Waals surface area (Å²) in [5.74, 6) is 0. The Hall–Kier alpha value is -9.26. The lowest BCUT2D eigenvalue weighted by Gasteiger charge is -2.26. The van der Waals surface area contributed by atoms with Crippen molar-refractivity contribution in [1.82, 2.24) is 9.13 Å². The molecule has 0 radical (unpaired) electrons. The highest BCUT2D eigenvalue weighted by Gasteiger charge is 2.21. The Balaban J connectivity index is 0.816. The Morgan fingerprint density at radius 1 is 0.278 bits per heavy atom. The van der Waals surface area contributed by atoms with E-state index in [-0.39, 0.29) is 0 Å². The van der Waals surface area contributed by atoms with Crippen molar-refractivity contribution in [2.45, 2.75) is 26.9 Å². The molecule has 0 saturated heterocycles. The molecule has 11 aromatic carbocycles. The van der Waals surface area contributed by atoms with Crippen molar-refractivity contribution < 1.29 is 8.83 Å². The lowest BCUT2D eigenvalue weighted by molar-refractivity contribution is 0.664. The van der Waals surface area contributed by atoms with E-state index in [4.69, 9.17) is 8.83 Å². The van der Waals surface area contributed by atoms with Crippen molar-refractivity contribution in [1.29, 1.82) is 0 Å². The molecule has 6 heteroatoms. The van der Waals surface area contributed by atoms with E-state index in [0.717, 1.165) is 113 Å². The number of anilines is 6. The van der Waals surface area contributed by atoms with Crippen LogP contribution in [0.15, 0.2) is 227 Å². The van der Waals surface area contributed by atoms with Gasteiger partial charge in [-0.1, -0.05) is 84.9 Å². The maximum atomic E-state index is 6.77. The summed E-state index contributed by atoms with van der Waals surface area (Å²) < 4.78 is 18.3. The minimum Gasteiger partial charge on any atom is -0.456 e. The number of aromatic nitrogens is 2. The molecule has 4 aromatic heterocycles. The first-order chi connectivity index (χ1) is 35.6. The summed E-state index contributed by atoms with van der Waals surface area (Å²) in [4.78, 5) is 4.71. The van der Waals surface area contributed by atoms with Gasteiger partial charge in [-0.2, -0.15) is 0 Å². The van der Waals surface area contributed by atoms with E-state index >= 15 is 0 Å². The third-order valence-electron chi connectivity index (χ3n) is 15.2. The van der Waals surface area contributed by atoms with E-state index in [1.807, 2.05) is 0 Å². The molecule has 15 rings (SSSR count). The second-order valence-electron chi connectivity index (χ2n) is 19.1. The summed E-state index contributed by atoms with van der Waals surface area (Å²) in [5.41, 5.74) is 15.0. The van der Waals surface area contributed by atoms with Crippen molar-refractivity contribution in [2.75, 3.05) is 9.80 Å². The summed E-state index contributed by atoms with van der Waals surface area (Å²) in [6, 6.07) is 79.3. The molecule has 342 valence electrons. The highest BCUT2D eigenvalue weighted by Crippen LogP contribution is 2.44. The Bertz CT molecular complexity index is 4370. The van der Waals surface area contributed by atoms with Crippen molar-refractivity contribution in [3.05, 3.63) is 218 Å². The summed E-state index contributed by atoms with van der Waals surface area (Å²) in [6.45, 7) is 6.26. The fourth-order valence-corrected chi connectivity index (χ4v) is 11.9. The van der Waals surface area contributed by atoms with E-state index in [9.17, 15) is 0 Å². The molecule has 6 nitrogen and oxygen atoms in total. The molecule has 0 spiro atoms. The number of para-hydroxylation sites is 4. The molecule has 72 heavy (non-hydrogen) atoms. The smallest absolute Gasteiger partial charge is 0.136 e. The van der Waals surface area contributed by atoms with E-state index in [2.05, 4.69) is 251 Å². The van der Waals surface area contributed by atoms with Crippen LogP contribution in [0.4, 0.5) is 34.1 Å². The number of benzene rings is 11. The molecule has 0 aliphatic heterocycles. The van der Waals surface area contributed by atoms with E-state index in [0.29, 0.717) is 0 Å². The number of hydrogen-bond donors (Lipinski definition) is 0. The molecule has 0 aliphatic carbocycles. The van der Waals surface area contributed by atoms with Crippen LogP contribution in [0.25, 0.3) is 109 Å². The average molecular weight is 927 g/mol. The van der Waals surface area contributed by atoms with E-state index in [1.165, 1.54) is 43.6 Å². The second-order valence-corrected chi connectivity index (χ2v) is 19.1. The lowest BCUT2D eigenvalue weighted by Crippen LogP contribution is -2.09. The van der Waals surface area contributed by atoms with Gasteiger partial charge in [-0.3, -0.25) is 0 Å². The largest absolute Gasteiger partial charge is 0.456 e. The molecule has 4 heterocycles. The van der Waals surface area contributed by atoms with Gasteiger partial charge >= 0.3 is 0 Å². The SMILES string of the molecule is CCn1c2ccccc2c2cc(N(c3ccccc3)c3ccc4cc5c(cc4c3)oc3cc4c(cc35)oc3cc5cc(N(c6ccccc6)c6ccc7c(c6)c6ccccc6n7CC)ccc5cc34)ccc21. The molecule has 0 unspecified atom stereocenters. The monoisotopic (exact) mass is 926 g/mol. The summed E-state index contributed by atoms with van der Waals surface area (Å²) in [7, 11) is 0. The maximum absolute atomic E-state index is 6.77. The zero-order valence-corrected chi connectivity index (χ0v) is 39.8. The molecule has 15 aromatic rings. The van der Waals surface area contributed by atoms with Gasteiger partial charge in [0.2, 0.25) is 0 Å². The fourth-order valence-electron chi connectivity index (χ4n) is 11.9. The molecule has 0 amide bonds. The zero-order valence-electron chi connectivity index (χ0n) is 39.8. The van der Waals surface area contributed by atoms with Crippen LogP contribution in [0.3, 0.4) is 0 Å². The first-order valence-electron chi connectivity index (χ1n) is 25.0. The van der Waals surface area contributed by atoms with Crippen molar-refractivity contribution in [3.63, 3.8) is 0 Å². The van der Waals surface area contributed by atoms with Crippen molar-refractivity contribution in [3.8, 4) is 0 Å². The minimum absolute atomic E-state index is 0.842. The van der Waals surface area contributed by atoms with Crippen LogP contribution in [0.1, 0.15) is 13.8 Å². The van der Waals surface area contributed by atoms with Gasteiger partial charge in [-0.25, -0.2) is 0 Å². The van der Waals surface area contributed by atoms with Crippen LogP contribution >= 0.6 is 0 Å². The summed E-state index contributed by atoms with van der Waals surface area (Å²) in [6.07, 6.45) is 0.